The predicted octanol–water partition coefficient (Wildman–Crippen LogP) is 3.79. The van der Waals surface area contributed by atoms with Crippen LogP contribution >= 0.6 is 0 Å². The minimum Gasteiger partial charge on any atom is -0.453 e. The molecule has 110 valence electrons. The van der Waals surface area contributed by atoms with Gasteiger partial charge in [0.15, 0.2) is 0 Å². The number of aromatic nitrogens is 2. The van der Waals surface area contributed by atoms with E-state index in [1.54, 1.807) is 12.3 Å². The van der Waals surface area contributed by atoms with E-state index in [9.17, 15) is 4.79 Å². The van der Waals surface area contributed by atoms with Gasteiger partial charge in [-0.05, 0) is 49.4 Å². The number of ether oxygens (including phenoxy) is 1. The Balaban J connectivity index is 1.77. The molecule has 1 unspecified atom stereocenters. The van der Waals surface area contributed by atoms with Gasteiger partial charge in [-0.15, -0.1) is 0 Å². The molecule has 2 aromatic heterocycles. The van der Waals surface area contributed by atoms with Gasteiger partial charge in [0.1, 0.15) is 6.10 Å². The number of hydrogen-bond acceptors (Lipinski definition) is 3. The van der Waals surface area contributed by atoms with Gasteiger partial charge < -0.3 is 9.30 Å². The van der Waals surface area contributed by atoms with Crippen LogP contribution < -0.4 is 0 Å². The Morgan fingerprint density at radius 3 is 2.64 bits per heavy atom. The number of hydrogen-bond donors (Lipinski definition) is 0. The maximum atomic E-state index is 12.3. The van der Waals surface area contributed by atoms with E-state index >= 15 is 0 Å². The fourth-order valence-electron chi connectivity index (χ4n) is 2.21. The number of rotatable bonds is 4. The van der Waals surface area contributed by atoms with Gasteiger partial charge in [0.25, 0.3) is 0 Å². The van der Waals surface area contributed by atoms with E-state index in [0.717, 1.165) is 11.4 Å². The highest BCUT2D eigenvalue weighted by Gasteiger charge is 2.14. The van der Waals surface area contributed by atoms with E-state index in [0.29, 0.717) is 5.56 Å². The fraction of sp³-hybridized carbons (Fsp3) is 0.111. The molecule has 4 nitrogen and oxygen atoms in total. The van der Waals surface area contributed by atoms with Crippen LogP contribution in [-0.2, 0) is 4.74 Å². The Bertz CT molecular complexity index is 752. The van der Waals surface area contributed by atoms with E-state index in [1.807, 2.05) is 72.4 Å². The summed E-state index contributed by atoms with van der Waals surface area (Å²) in [5.41, 5.74) is 2.18. The summed E-state index contributed by atoms with van der Waals surface area (Å²) in [4.78, 5) is 16.5. The largest absolute Gasteiger partial charge is 0.453 e. The van der Waals surface area contributed by atoms with Gasteiger partial charge in [0, 0.05) is 24.3 Å². The molecule has 3 aromatic rings. The van der Waals surface area contributed by atoms with Crippen molar-refractivity contribution in [1.82, 2.24) is 9.55 Å². The first-order valence-electron chi connectivity index (χ1n) is 7.09. The summed E-state index contributed by atoms with van der Waals surface area (Å²) in [6.07, 6.45) is 5.16. The summed E-state index contributed by atoms with van der Waals surface area (Å²) in [7, 11) is 0. The lowest BCUT2D eigenvalue weighted by Gasteiger charge is -2.13. The second-order valence-corrected chi connectivity index (χ2v) is 4.94. The standard InChI is InChI=1S/C18H16N2O2/c1-14(17-9-2-3-10-19-17)22-18(21)15-7-6-8-16(13-15)20-11-4-5-12-20/h2-14H,1H3. The molecule has 0 N–H and O–H groups in total. The lowest BCUT2D eigenvalue weighted by molar-refractivity contribution is 0.0329. The number of pyridine rings is 1. The van der Waals surface area contributed by atoms with Crippen LogP contribution in [-0.4, -0.2) is 15.5 Å². The Labute approximate surface area is 129 Å². The summed E-state index contributed by atoms with van der Waals surface area (Å²) < 4.78 is 7.43. The second kappa shape index (κ2) is 6.26. The molecule has 0 aliphatic heterocycles. The summed E-state index contributed by atoms with van der Waals surface area (Å²) in [5.74, 6) is -0.354. The molecule has 1 aromatic carbocycles. The molecule has 0 saturated carbocycles. The van der Waals surface area contributed by atoms with Crippen molar-refractivity contribution in [3.8, 4) is 5.69 Å². The van der Waals surface area contributed by atoms with E-state index < -0.39 is 0 Å². The van der Waals surface area contributed by atoms with Crippen molar-refractivity contribution in [2.24, 2.45) is 0 Å². The first-order chi connectivity index (χ1) is 10.7. The SMILES string of the molecule is CC(OC(=O)c1cccc(-n2cccc2)c1)c1ccccn1. The first kappa shape index (κ1) is 14.1. The molecule has 22 heavy (non-hydrogen) atoms. The van der Waals surface area contributed by atoms with E-state index in [4.69, 9.17) is 4.74 Å². The molecule has 0 saturated heterocycles. The van der Waals surface area contributed by atoms with Gasteiger partial charge in [-0.3, -0.25) is 4.98 Å². The van der Waals surface area contributed by atoms with Crippen molar-refractivity contribution in [3.63, 3.8) is 0 Å². The van der Waals surface area contributed by atoms with Crippen molar-refractivity contribution < 1.29 is 9.53 Å². The lowest BCUT2D eigenvalue weighted by Crippen LogP contribution is -2.10. The highest BCUT2D eigenvalue weighted by atomic mass is 16.5. The monoisotopic (exact) mass is 292 g/mol. The highest BCUT2D eigenvalue weighted by Crippen LogP contribution is 2.18. The van der Waals surface area contributed by atoms with E-state index in [-0.39, 0.29) is 12.1 Å². The average molecular weight is 292 g/mol. The number of carbonyl (C=O) groups is 1. The molecule has 0 bridgehead atoms. The molecule has 0 radical (unpaired) electrons. The molecule has 3 rings (SSSR count). The van der Waals surface area contributed by atoms with E-state index in [2.05, 4.69) is 4.98 Å². The molecule has 0 fully saturated rings. The lowest BCUT2D eigenvalue weighted by atomic mass is 10.2. The third-order valence-electron chi connectivity index (χ3n) is 3.37. The van der Waals surface area contributed by atoms with Gasteiger partial charge in [0.05, 0.1) is 11.3 Å². The van der Waals surface area contributed by atoms with Crippen molar-refractivity contribution >= 4 is 5.97 Å². The van der Waals surface area contributed by atoms with Crippen LogP contribution in [0.3, 0.4) is 0 Å². The van der Waals surface area contributed by atoms with Crippen LogP contribution in [0.15, 0.2) is 73.2 Å². The Morgan fingerprint density at radius 1 is 1.09 bits per heavy atom. The van der Waals surface area contributed by atoms with Crippen LogP contribution in [0.2, 0.25) is 0 Å². The third-order valence-corrected chi connectivity index (χ3v) is 3.37. The number of carbonyl (C=O) groups excluding carboxylic acids is 1. The maximum absolute atomic E-state index is 12.3. The minimum atomic E-state index is -0.385. The van der Waals surface area contributed by atoms with Gasteiger partial charge in [-0.25, -0.2) is 4.79 Å². The highest BCUT2D eigenvalue weighted by molar-refractivity contribution is 5.90. The summed E-state index contributed by atoms with van der Waals surface area (Å²) >= 11 is 0. The van der Waals surface area contributed by atoms with Crippen molar-refractivity contribution in [1.29, 1.82) is 0 Å². The molecule has 1 atom stereocenters. The van der Waals surface area contributed by atoms with Crippen LogP contribution in [0.4, 0.5) is 0 Å². The predicted molar refractivity (Wildman–Crippen MR) is 83.8 cm³/mol. The first-order valence-corrected chi connectivity index (χ1v) is 7.09. The zero-order chi connectivity index (χ0) is 15.4. The molecule has 0 amide bonds. The van der Waals surface area contributed by atoms with Gasteiger partial charge in [-0.1, -0.05) is 12.1 Å². The molecular weight excluding hydrogens is 276 g/mol. The van der Waals surface area contributed by atoms with E-state index in [1.165, 1.54) is 0 Å². The van der Waals surface area contributed by atoms with Crippen LogP contribution in [0, 0.1) is 0 Å². The quantitative estimate of drug-likeness (QED) is 0.687. The maximum Gasteiger partial charge on any atom is 0.338 e. The second-order valence-electron chi connectivity index (χ2n) is 4.94. The van der Waals surface area contributed by atoms with Crippen LogP contribution in [0.1, 0.15) is 29.1 Å². The smallest absolute Gasteiger partial charge is 0.338 e. The van der Waals surface area contributed by atoms with Gasteiger partial charge in [0.2, 0.25) is 0 Å². The van der Waals surface area contributed by atoms with Crippen molar-refractivity contribution in [2.45, 2.75) is 13.0 Å². The van der Waals surface area contributed by atoms with Crippen LogP contribution in [0.5, 0.6) is 0 Å². The van der Waals surface area contributed by atoms with Crippen LogP contribution in [0.25, 0.3) is 5.69 Å². The number of benzene rings is 1. The summed E-state index contributed by atoms with van der Waals surface area (Å²) in [5, 5.41) is 0. The molecule has 0 aliphatic carbocycles. The number of esters is 1. The molecule has 2 heterocycles. The average Bonchev–Trinajstić information content (AvgIpc) is 3.10. The fourth-order valence-corrected chi connectivity index (χ4v) is 2.21. The molecule has 0 aliphatic rings. The van der Waals surface area contributed by atoms with Gasteiger partial charge in [-0.2, -0.15) is 0 Å². The Morgan fingerprint density at radius 2 is 1.91 bits per heavy atom. The van der Waals surface area contributed by atoms with Crippen molar-refractivity contribution in [3.05, 3.63) is 84.4 Å². The minimum absolute atomic E-state index is 0.354. The molecule has 4 heteroatoms. The Kier molecular flexibility index (Phi) is 4.01. The van der Waals surface area contributed by atoms with Gasteiger partial charge >= 0.3 is 5.97 Å². The summed E-state index contributed by atoms with van der Waals surface area (Å²) in [6.45, 7) is 1.82. The zero-order valence-corrected chi connectivity index (χ0v) is 12.2. The normalized spacial score (nSPS) is 11.9. The zero-order valence-electron chi connectivity index (χ0n) is 12.2. The third kappa shape index (κ3) is 3.06. The van der Waals surface area contributed by atoms with Crippen molar-refractivity contribution in [2.75, 3.05) is 0 Å². The topological polar surface area (TPSA) is 44.1 Å². The Hall–Kier alpha value is -2.88. The summed E-state index contributed by atoms with van der Waals surface area (Å²) in [6, 6.07) is 16.8. The number of nitrogens with zero attached hydrogens (tertiary/aromatic N) is 2. The molecular formula is C18H16N2O2. The molecule has 0 spiro atoms.